The Morgan fingerprint density at radius 2 is 2.00 bits per heavy atom. The largest absolute Gasteiger partial charge is 0.356 e. The predicted octanol–water partition coefficient (Wildman–Crippen LogP) is 4.09. The highest BCUT2D eigenvalue weighted by atomic mass is 35.5. The van der Waals surface area contributed by atoms with E-state index in [0.717, 1.165) is 37.3 Å². The van der Waals surface area contributed by atoms with Gasteiger partial charge in [-0.25, -0.2) is 4.98 Å². The van der Waals surface area contributed by atoms with Crippen LogP contribution in [0.15, 0.2) is 30.5 Å². The third kappa shape index (κ3) is 5.23. The molecule has 0 atom stereocenters. The molecule has 0 unspecified atom stereocenters. The van der Waals surface area contributed by atoms with Gasteiger partial charge in [0.05, 0.1) is 6.20 Å². The second kappa shape index (κ2) is 7.84. The molecule has 2 N–H and O–H groups in total. The van der Waals surface area contributed by atoms with Crippen LogP contribution in [-0.4, -0.2) is 22.3 Å². The number of imidazole rings is 1. The number of halogens is 1. The van der Waals surface area contributed by atoms with Crippen molar-refractivity contribution in [2.75, 3.05) is 11.9 Å². The van der Waals surface area contributed by atoms with E-state index in [0.29, 0.717) is 11.6 Å². The number of Topliss-reactive ketones (excluding diaryl/α,β-unsaturated/α-hetero) is 1. The number of H-pyrrole nitrogens is 1. The minimum absolute atomic E-state index is 0.00138. The zero-order chi connectivity index (χ0) is 15.1. The normalized spacial score (nSPS) is 10.6. The summed E-state index contributed by atoms with van der Waals surface area (Å²) in [4.78, 5) is 18.2. The minimum Gasteiger partial charge on any atom is -0.356 e. The molecule has 1 aromatic carbocycles. The van der Waals surface area contributed by atoms with E-state index in [1.54, 1.807) is 6.20 Å². The van der Waals surface area contributed by atoms with Crippen LogP contribution in [0.2, 0.25) is 5.02 Å². The number of benzene rings is 1. The van der Waals surface area contributed by atoms with Gasteiger partial charge in [-0.1, -0.05) is 30.2 Å². The fourth-order valence-electron chi connectivity index (χ4n) is 2.08. The van der Waals surface area contributed by atoms with E-state index in [4.69, 9.17) is 11.6 Å². The van der Waals surface area contributed by atoms with Gasteiger partial charge in [0, 0.05) is 18.5 Å². The summed E-state index contributed by atoms with van der Waals surface area (Å²) in [6, 6.07) is 8.02. The first-order valence-electron chi connectivity index (χ1n) is 7.19. The Morgan fingerprint density at radius 1 is 1.24 bits per heavy atom. The van der Waals surface area contributed by atoms with Crippen LogP contribution in [0.5, 0.6) is 0 Å². The van der Waals surface area contributed by atoms with Crippen molar-refractivity contribution in [3.8, 4) is 0 Å². The lowest BCUT2D eigenvalue weighted by Gasteiger charge is -2.04. The van der Waals surface area contributed by atoms with Gasteiger partial charge < -0.3 is 10.3 Å². The van der Waals surface area contributed by atoms with Crippen LogP contribution in [0, 0.1) is 0 Å². The van der Waals surface area contributed by atoms with E-state index in [1.165, 1.54) is 12.5 Å². The summed E-state index contributed by atoms with van der Waals surface area (Å²) in [5.74, 6) is 0.663. The number of anilines is 1. The Hall–Kier alpha value is -1.81. The van der Waals surface area contributed by atoms with Crippen molar-refractivity contribution in [3.63, 3.8) is 0 Å². The monoisotopic (exact) mass is 305 g/mol. The van der Waals surface area contributed by atoms with Gasteiger partial charge >= 0.3 is 0 Å². The zero-order valence-electron chi connectivity index (χ0n) is 12.2. The van der Waals surface area contributed by atoms with E-state index >= 15 is 0 Å². The van der Waals surface area contributed by atoms with E-state index in [1.807, 2.05) is 12.1 Å². The molecule has 0 spiro atoms. The minimum atomic E-state index is -0.00138. The van der Waals surface area contributed by atoms with E-state index in [2.05, 4.69) is 27.4 Å². The number of hydrogen-bond donors (Lipinski definition) is 2. The van der Waals surface area contributed by atoms with Crippen molar-refractivity contribution in [3.05, 3.63) is 46.7 Å². The fourth-order valence-corrected chi connectivity index (χ4v) is 2.20. The summed E-state index contributed by atoms with van der Waals surface area (Å²) < 4.78 is 0. The average molecular weight is 306 g/mol. The number of nitrogens with one attached hydrogen (secondary N) is 2. The number of rotatable bonds is 8. The maximum Gasteiger partial charge on any atom is 0.200 e. The lowest BCUT2D eigenvalue weighted by atomic mass is 10.1. The molecular weight excluding hydrogens is 286 g/mol. The van der Waals surface area contributed by atoms with Crippen LogP contribution in [0.25, 0.3) is 0 Å². The lowest BCUT2D eigenvalue weighted by molar-refractivity contribution is 0.101. The summed E-state index contributed by atoms with van der Waals surface area (Å²) in [6.07, 6.45) is 6.01. The van der Waals surface area contributed by atoms with Gasteiger partial charge in [-0.15, -0.1) is 0 Å². The zero-order valence-corrected chi connectivity index (χ0v) is 12.9. The standard InChI is InChI=1S/C16H20ClN3O/c1-12(21)15-11-19-16(20-15)18-10-4-2-3-5-13-6-8-14(17)9-7-13/h6-9,11H,2-5,10H2,1H3,(H2,18,19,20). The molecule has 5 heteroatoms. The number of aromatic nitrogens is 2. The average Bonchev–Trinajstić information content (AvgIpc) is 2.94. The van der Waals surface area contributed by atoms with Crippen LogP contribution < -0.4 is 5.32 Å². The molecule has 0 aliphatic rings. The Bertz CT molecular complexity index is 577. The first-order valence-corrected chi connectivity index (χ1v) is 7.57. The number of aromatic amines is 1. The van der Waals surface area contributed by atoms with Crippen molar-refractivity contribution < 1.29 is 4.79 Å². The lowest BCUT2D eigenvalue weighted by Crippen LogP contribution is -2.03. The first-order chi connectivity index (χ1) is 10.1. The summed E-state index contributed by atoms with van der Waals surface area (Å²) in [6.45, 7) is 2.37. The molecule has 2 aromatic rings. The molecule has 0 saturated carbocycles. The SMILES string of the molecule is CC(=O)c1cnc(NCCCCCc2ccc(Cl)cc2)[nH]1. The fraction of sp³-hybridized carbons (Fsp3) is 0.375. The van der Waals surface area contributed by atoms with Gasteiger partial charge in [0.2, 0.25) is 5.95 Å². The van der Waals surface area contributed by atoms with Crippen LogP contribution in [0.1, 0.15) is 42.2 Å². The molecule has 0 aliphatic heterocycles. The third-order valence-electron chi connectivity index (χ3n) is 3.30. The molecule has 0 aliphatic carbocycles. The van der Waals surface area contributed by atoms with Gasteiger partial charge in [0.15, 0.2) is 5.78 Å². The highest BCUT2D eigenvalue weighted by Crippen LogP contribution is 2.12. The summed E-state index contributed by atoms with van der Waals surface area (Å²) in [5, 5.41) is 3.97. The van der Waals surface area contributed by atoms with E-state index in [9.17, 15) is 4.79 Å². The molecule has 0 fully saturated rings. The Labute approximate surface area is 129 Å². The van der Waals surface area contributed by atoms with Crippen molar-refractivity contribution in [1.82, 2.24) is 9.97 Å². The maximum atomic E-state index is 11.1. The van der Waals surface area contributed by atoms with Crippen LogP contribution in [-0.2, 0) is 6.42 Å². The summed E-state index contributed by atoms with van der Waals surface area (Å²) in [5.41, 5.74) is 1.87. The van der Waals surface area contributed by atoms with Crippen molar-refractivity contribution >= 4 is 23.3 Å². The third-order valence-corrected chi connectivity index (χ3v) is 3.56. The summed E-state index contributed by atoms with van der Waals surface area (Å²) in [7, 11) is 0. The van der Waals surface area contributed by atoms with Gasteiger partial charge in [-0.2, -0.15) is 0 Å². The van der Waals surface area contributed by atoms with Gasteiger partial charge in [0.1, 0.15) is 5.69 Å². The molecule has 1 aromatic heterocycles. The van der Waals surface area contributed by atoms with Crippen molar-refractivity contribution in [2.24, 2.45) is 0 Å². The van der Waals surface area contributed by atoms with E-state index < -0.39 is 0 Å². The number of unbranched alkanes of at least 4 members (excludes halogenated alkanes) is 2. The quantitative estimate of drug-likeness (QED) is 0.570. The van der Waals surface area contributed by atoms with Crippen molar-refractivity contribution in [2.45, 2.75) is 32.6 Å². The molecule has 4 nitrogen and oxygen atoms in total. The van der Waals surface area contributed by atoms with Gasteiger partial charge in [-0.3, -0.25) is 4.79 Å². The molecule has 112 valence electrons. The van der Waals surface area contributed by atoms with E-state index in [-0.39, 0.29) is 5.78 Å². The second-order valence-electron chi connectivity index (χ2n) is 5.07. The Morgan fingerprint density at radius 3 is 2.67 bits per heavy atom. The van der Waals surface area contributed by atoms with Crippen LogP contribution in [0.3, 0.4) is 0 Å². The second-order valence-corrected chi connectivity index (χ2v) is 5.50. The number of aryl methyl sites for hydroxylation is 1. The number of nitrogens with zero attached hydrogens (tertiary/aromatic N) is 1. The number of carbonyl (C=O) groups excluding carboxylic acids is 1. The number of ketones is 1. The number of hydrogen-bond acceptors (Lipinski definition) is 3. The molecule has 21 heavy (non-hydrogen) atoms. The molecule has 2 rings (SSSR count). The predicted molar refractivity (Wildman–Crippen MR) is 86.1 cm³/mol. The topological polar surface area (TPSA) is 57.8 Å². The van der Waals surface area contributed by atoms with Crippen molar-refractivity contribution in [1.29, 1.82) is 0 Å². The molecule has 0 saturated heterocycles. The highest BCUT2D eigenvalue weighted by molar-refractivity contribution is 6.30. The molecule has 0 amide bonds. The first kappa shape index (κ1) is 15.6. The van der Waals surface area contributed by atoms with Crippen LogP contribution >= 0.6 is 11.6 Å². The number of carbonyl (C=O) groups is 1. The molecule has 0 bridgehead atoms. The smallest absolute Gasteiger partial charge is 0.200 e. The molecule has 0 radical (unpaired) electrons. The summed E-state index contributed by atoms with van der Waals surface area (Å²) >= 11 is 5.86. The molecule has 1 heterocycles. The Kier molecular flexibility index (Phi) is 5.81. The van der Waals surface area contributed by atoms with Gasteiger partial charge in [0.25, 0.3) is 0 Å². The maximum absolute atomic E-state index is 11.1. The molecular formula is C16H20ClN3O. The van der Waals surface area contributed by atoms with Crippen LogP contribution in [0.4, 0.5) is 5.95 Å². The Balaban J connectivity index is 1.59. The van der Waals surface area contributed by atoms with Gasteiger partial charge in [-0.05, 0) is 37.0 Å². The highest BCUT2D eigenvalue weighted by Gasteiger charge is 2.03.